The van der Waals surface area contributed by atoms with Crippen LogP contribution in [0.25, 0.3) is 0 Å². The largest absolute Gasteiger partial charge is 0.435 e. The van der Waals surface area contributed by atoms with Gasteiger partial charge in [0.25, 0.3) is 0 Å². The fraction of sp³-hybridized carbons (Fsp3) is 0.167. The Hall–Kier alpha value is -2.71. The number of rotatable bonds is 3. The van der Waals surface area contributed by atoms with Gasteiger partial charge < -0.3 is 4.74 Å². The van der Waals surface area contributed by atoms with Crippen molar-refractivity contribution in [2.45, 2.75) is 13.1 Å². The molecule has 1 aromatic carbocycles. The van der Waals surface area contributed by atoms with Gasteiger partial charge in [0.1, 0.15) is 0 Å². The van der Waals surface area contributed by atoms with Gasteiger partial charge in [0.2, 0.25) is 11.6 Å². The first-order chi connectivity index (χ1) is 9.77. The Morgan fingerprint density at radius 1 is 1.19 bits per heavy atom. The highest BCUT2D eigenvalue weighted by Crippen LogP contribution is 2.32. The van der Waals surface area contributed by atoms with Gasteiger partial charge in [-0.1, -0.05) is 6.07 Å². The fourth-order valence-corrected chi connectivity index (χ4v) is 1.49. The van der Waals surface area contributed by atoms with Crippen molar-refractivity contribution in [2.24, 2.45) is 0 Å². The summed E-state index contributed by atoms with van der Waals surface area (Å²) < 4.78 is 42.1. The molecule has 0 aliphatic carbocycles. The van der Waals surface area contributed by atoms with E-state index >= 15 is 0 Å². The van der Waals surface area contributed by atoms with Gasteiger partial charge in [0.15, 0.2) is 5.69 Å². The van der Waals surface area contributed by atoms with Crippen LogP contribution in [-0.2, 0) is 6.18 Å². The van der Waals surface area contributed by atoms with Crippen molar-refractivity contribution in [3.63, 3.8) is 0 Å². The molecule has 6 nitrogen and oxygen atoms in total. The molecule has 0 unspecified atom stereocenters. The molecule has 2 rings (SSSR count). The molecule has 9 heteroatoms. The van der Waals surface area contributed by atoms with Crippen molar-refractivity contribution in [1.82, 2.24) is 10.2 Å². The van der Waals surface area contributed by atoms with Crippen molar-refractivity contribution in [3.8, 4) is 11.6 Å². The number of aryl methyl sites for hydroxylation is 1. The Balaban J connectivity index is 2.30. The molecule has 0 spiro atoms. The van der Waals surface area contributed by atoms with Crippen LogP contribution in [0.15, 0.2) is 30.3 Å². The van der Waals surface area contributed by atoms with Gasteiger partial charge in [0.05, 0.1) is 4.92 Å². The van der Waals surface area contributed by atoms with Gasteiger partial charge in [-0.3, -0.25) is 10.1 Å². The molecule has 110 valence electrons. The first kappa shape index (κ1) is 14.7. The monoisotopic (exact) mass is 299 g/mol. The zero-order valence-electron chi connectivity index (χ0n) is 10.6. The Morgan fingerprint density at radius 3 is 2.43 bits per heavy atom. The van der Waals surface area contributed by atoms with Gasteiger partial charge in [-0.05, 0) is 24.6 Å². The normalized spacial score (nSPS) is 11.2. The molecule has 21 heavy (non-hydrogen) atoms. The van der Waals surface area contributed by atoms with Crippen LogP contribution < -0.4 is 4.74 Å². The maximum atomic E-state index is 12.3. The molecular formula is C12H8F3N3O3. The summed E-state index contributed by atoms with van der Waals surface area (Å²) in [5.74, 6) is -0.384. The average Bonchev–Trinajstić information content (AvgIpc) is 2.38. The van der Waals surface area contributed by atoms with Crippen molar-refractivity contribution >= 4 is 5.69 Å². The van der Waals surface area contributed by atoms with E-state index < -0.39 is 16.8 Å². The molecule has 0 bridgehead atoms. The second kappa shape index (κ2) is 5.35. The minimum Gasteiger partial charge on any atom is -0.430 e. The molecule has 0 fully saturated rings. The summed E-state index contributed by atoms with van der Waals surface area (Å²) in [6.45, 7) is 1.69. The molecule has 0 aliphatic heterocycles. The first-order valence-corrected chi connectivity index (χ1v) is 5.61. The minimum absolute atomic E-state index is 0.117. The van der Waals surface area contributed by atoms with E-state index in [1.54, 1.807) is 6.92 Å². The molecule has 0 N–H and O–H groups in total. The van der Waals surface area contributed by atoms with Crippen LogP contribution in [0.2, 0.25) is 0 Å². The van der Waals surface area contributed by atoms with Gasteiger partial charge in [-0.2, -0.15) is 13.2 Å². The maximum absolute atomic E-state index is 12.3. The minimum atomic E-state index is -4.61. The molecule has 0 atom stereocenters. The average molecular weight is 299 g/mol. The Labute approximate surface area is 116 Å². The number of hydrogen-bond acceptors (Lipinski definition) is 5. The van der Waals surface area contributed by atoms with E-state index in [0.29, 0.717) is 11.6 Å². The summed E-state index contributed by atoms with van der Waals surface area (Å²) in [7, 11) is 0. The summed E-state index contributed by atoms with van der Waals surface area (Å²) in [6.07, 6.45) is -4.61. The quantitative estimate of drug-likeness (QED) is 0.640. The molecule has 0 saturated heterocycles. The smallest absolute Gasteiger partial charge is 0.430 e. The standard InChI is InChI=1S/C12H8F3N3O3/c1-7-2-3-8(18(19)20)9(6-7)21-11-5-4-10(16-17-11)12(13,14)15/h2-6H,1H3. The summed E-state index contributed by atoms with van der Waals surface area (Å²) in [5, 5.41) is 17.1. The highest BCUT2D eigenvalue weighted by atomic mass is 19.4. The van der Waals surface area contributed by atoms with E-state index in [2.05, 4.69) is 10.2 Å². The van der Waals surface area contributed by atoms with Crippen LogP contribution in [0.3, 0.4) is 0 Å². The molecular weight excluding hydrogens is 291 g/mol. The van der Waals surface area contributed by atoms with Crippen LogP contribution in [-0.4, -0.2) is 15.1 Å². The molecule has 1 heterocycles. The topological polar surface area (TPSA) is 78.2 Å². The maximum Gasteiger partial charge on any atom is 0.435 e. The van der Waals surface area contributed by atoms with Crippen LogP contribution in [0, 0.1) is 17.0 Å². The van der Waals surface area contributed by atoms with E-state index in [4.69, 9.17) is 4.74 Å². The molecule has 1 aromatic heterocycles. The number of nitrogens with zero attached hydrogens (tertiary/aromatic N) is 3. The lowest BCUT2D eigenvalue weighted by Gasteiger charge is -2.07. The van der Waals surface area contributed by atoms with Crippen LogP contribution >= 0.6 is 0 Å². The van der Waals surface area contributed by atoms with Crippen LogP contribution in [0.5, 0.6) is 11.6 Å². The summed E-state index contributed by atoms with van der Waals surface area (Å²) in [6, 6.07) is 5.77. The molecule has 0 saturated carbocycles. The molecule has 0 aliphatic rings. The number of nitro benzene ring substituents is 1. The Kier molecular flexibility index (Phi) is 3.74. The number of halogens is 3. The third-order valence-electron chi connectivity index (χ3n) is 2.46. The third kappa shape index (κ3) is 3.44. The van der Waals surface area contributed by atoms with Gasteiger partial charge in [-0.25, -0.2) is 0 Å². The predicted molar refractivity (Wildman–Crippen MR) is 64.9 cm³/mol. The lowest BCUT2D eigenvalue weighted by atomic mass is 10.2. The Morgan fingerprint density at radius 2 is 1.90 bits per heavy atom. The zero-order chi connectivity index (χ0) is 15.6. The van der Waals surface area contributed by atoms with Crippen molar-refractivity contribution in [2.75, 3.05) is 0 Å². The highest BCUT2D eigenvalue weighted by Gasteiger charge is 2.33. The molecule has 0 radical (unpaired) electrons. The van der Waals surface area contributed by atoms with Crippen molar-refractivity contribution in [3.05, 3.63) is 51.7 Å². The van der Waals surface area contributed by atoms with Gasteiger partial charge in [0, 0.05) is 12.1 Å². The second-order valence-corrected chi connectivity index (χ2v) is 4.08. The summed E-state index contributed by atoms with van der Waals surface area (Å²) in [4.78, 5) is 10.2. The first-order valence-electron chi connectivity index (χ1n) is 5.61. The van der Waals surface area contributed by atoms with Crippen molar-refractivity contribution < 1.29 is 22.8 Å². The number of hydrogen-bond donors (Lipinski definition) is 0. The second-order valence-electron chi connectivity index (χ2n) is 4.08. The van der Waals surface area contributed by atoms with Gasteiger partial charge >= 0.3 is 11.9 Å². The van der Waals surface area contributed by atoms with Gasteiger partial charge in [-0.15, -0.1) is 10.2 Å². The number of ether oxygens (including phenoxy) is 1. The summed E-state index contributed by atoms with van der Waals surface area (Å²) in [5.41, 5.74) is -0.800. The summed E-state index contributed by atoms with van der Waals surface area (Å²) >= 11 is 0. The lowest BCUT2D eigenvalue weighted by Crippen LogP contribution is -2.09. The zero-order valence-corrected chi connectivity index (χ0v) is 10.6. The van der Waals surface area contributed by atoms with E-state index in [0.717, 1.165) is 6.07 Å². The van der Waals surface area contributed by atoms with Crippen LogP contribution in [0.4, 0.5) is 18.9 Å². The van der Waals surface area contributed by atoms with Crippen LogP contribution in [0.1, 0.15) is 11.3 Å². The SMILES string of the molecule is Cc1ccc([N+](=O)[O-])c(Oc2ccc(C(F)(F)F)nn2)c1. The van der Waals surface area contributed by atoms with E-state index in [9.17, 15) is 23.3 Å². The molecule has 2 aromatic rings. The van der Waals surface area contributed by atoms with E-state index in [1.165, 1.54) is 18.2 Å². The van der Waals surface area contributed by atoms with E-state index in [-0.39, 0.29) is 17.3 Å². The van der Waals surface area contributed by atoms with Crippen molar-refractivity contribution in [1.29, 1.82) is 0 Å². The number of nitro groups is 1. The highest BCUT2D eigenvalue weighted by molar-refractivity contribution is 5.49. The fourth-order valence-electron chi connectivity index (χ4n) is 1.49. The lowest BCUT2D eigenvalue weighted by molar-refractivity contribution is -0.385. The van der Waals surface area contributed by atoms with E-state index in [1.807, 2.05) is 0 Å². The number of benzene rings is 1. The number of alkyl halides is 3. The third-order valence-corrected chi connectivity index (χ3v) is 2.46. The number of aromatic nitrogens is 2. The Bertz CT molecular complexity index is 672. The predicted octanol–water partition coefficient (Wildman–Crippen LogP) is 3.50. The molecule has 0 amide bonds.